The number of imidazole rings is 1. The van der Waals surface area contributed by atoms with Gasteiger partial charge < -0.3 is 21.2 Å². The fraction of sp³-hybridized carbons (Fsp3) is 0.583. The van der Waals surface area contributed by atoms with Crippen LogP contribution in [0.1, 0.15) is 31.4 Å². The van der Waals surface area contributed by atoms with Gasteiger partial charge in [0.2, 0.25) is 5.91 Å². The van der Waals surface area contributed by atoms with E-state index in [0.29, 0.717) is 25.8 Å². The molecule has 19 heavy (non-hydrogen) atoms. The van der Waals surface area contributed by atoms with Gasteiger partial charge in [-0.25, -0.2) is 4.98 Å². The van der Waals surface area contributed by atoms with Gasteiger partial charge in [-0.3, -0.25) is 4.79 Å². The number of carbonyl (C=O) groups excluding carboxylic acids is 1. The molecule has 0 aromatic carbocycles. The highest BCUT2D eigenvalue weighted by Gasteiger charge is 2.45. The Hall–Kier alpha value is -2.05. The molecule has 1 fully saturated rings. The number of aromatic nitrogens is 2. The van der Waals surface area contributed by atoms with E-state index >= 15 is 0 Å². The number of hydrogen-bond acceptors (Lipinski definition) is 4. The average Bonchev–Trinajstić information content (AvgIpc) is 3.09. The molecule has 1 heterocycles. The molecule has 1 aromatic heterocycles. The first-order chi connectivity index (χ1) is 9.19. The van der Waals surface area contributed by atoms with E-state index in [4.69, 9.17) is 10.9 Å². The first kappa shape index (κ1) is 13.4. The zero-order chi connectivity index (χ0) is 13.7. The Kier molecular flexibility index (Phi) is 4.03. The SMILES string of the molecule is NC(=NO)C1(C(=O)NCCc2cnc[nH]2)CCCC1. The van der Waals surface area contributed by atoms with E-state index in [1.165, 1.54) is 0 Å². The molecule has 1 aromatic rings. The second-order valence-electron chi connectivity index (χ2n) is 4.86. The minimum absolute atomic E-state index is 0.0176. The van der Waals surface area contributed by atoms with Crippen LogP contribution in [-0.4, -0.2) is 33.5 Å². The topological polar surface area (TPSA) is 116 Å². The van der Waals surface area contributed by atoms with Crippen molar-refractivity contribution in [2.24, 2.45) is 16.3 Å². The molecule has 0 spiro atoms. The Morgan fingerprint density at radius 2 is 2.32 bits per heavy atom. The third-order valence-electron chi connectivity index (χ3n) is 3.72. The molecule has 1 aliphatic rings. The Morgan fingerprint density at radius 3 is 2.89 bits per heavy atom. The van der Waals surface area contributed by atoms with Gasteiger partial charge in [-0.05, 0) is 12.8 Å². The Balaban J connectivity index is 1.93. The van der Waals surface area contributed by atoms with Crippen LogP contribution in [0.15, 0.2) is 17.7 Å². The second-order valence-corrected chi connectivity index (χ2v) is 4.86. The van der Waals surface area contributed by atoms with Crippen LogP contribution in [0.2, 0.25) is 0 Å². The second kappa shape index (κ2) is 5.73. The quantitative estimate of drug-likeness (QED) is 0.266. The van der Waals surface area contributed by atoms with Crippen molar-refractivity contribution in [3.63, 3.8) is 0 Å². The number of hydrogen-bond donors (Lipinski definition) is 4. The number of aromatic amines is 1. The summed E-state index contributed by atoms with van der Waals surface area (Å²) in [5, 5.41) is 14.8. The zero-order valence-corrected chi connectivity index (χ0v) is 10.7. The van der Waals surface area contributed by atoms with Gasteiger partial charge in [-0.1, -0.05) is 18.0 Å². The summed E-state index contributed by atoms with van der Waals surface area (Å²) in [6.45, 7) is 0.501. The number of nitrogens with zero attached hydrogens (tertiary/aromatic N) is 2. The third kappa shape index (κ3) is 2.69. The molecular weight excluding hydrogens is 246 g/mol. The van der Waals surface area contributed by atoms with Crippen LogP contribution in [0.3, 0.4) is 0 Å². The Bertz CT molecular complexity index is 449. The van der Waals surface area contributed by atoms with E-state index in [-0.39, 0.29) is 11.7 Å². The van der Waals surface area contributed by atoms with Gasteiger partial charge in [0, 0.05) is 24.9 Å². The van der Waals surface area contributed by atoms with E-state index in [1.54, 1.807) is 12.5 Å². The van der Waals surface area contributed by atoms with Gasteiger partial charge in [-0.15, -0.1) is 0 Å². The first-order valence-corrected chi connectivity index (χ1v) is 6.42. The molecule has 0 unspecified atom stereocenters. The molecular formula is C12H19N5O2. The lowest BCUT2D eigenvalue weighted by Crippen LogP contribution is -2.48. The number of rotatable bonds is 5. The van der Waals surface area contributed by atoms with Crippen LogP contribution in [0.25, 0.3) is 0 Å². The van der Waals surface area contributed by atoms with Gasteiger partial charge >= 0.3 is 0 Å². The van der Waals surface area contributed by atoms with Crippen molar-refractivity contribution >= 4 is 11.7 Å². The molecule has 1 saturated carbocycles. The van der Waals surface area contributed by atoms with Crippen LogP contribution in [-0.2, 0) is 11.2 Å². The molecule has 0 aliphatic heterocycles. The number of oxime groups is 1. The van der Waals surface area contributed by atoms with Crippen molar-refractivity contribution in [2.45, 2.75) is 32.1 Å². The van der Waals surface area contributed by atoms with E-state index in [1.807, 2.05) is 0 Å². The van der Waals surface area contributed by atoms with Crippen LogP contribution >= 0.6 is 0 Å². The Labute approximate surface area is 111 Å². The Morgan fingerprint density at radius 1 is 1.58 bits per heavy atom. The third-order valence-corrected chi connectivity index (χ3v) is 3.72. The van der Waals surface area contributed by atoms with Gasteiger partial charge in [0.15, 0.2) is 5.84 Å². The fourth-order valence-corrected chi connectivity index (χ4v) is 2.58. The number of nitrogens with two attached hydrogens (primary N) is 1. The minimum atomic E-state index is -0.831. The highest BCUT2D eigenvalue weighted by molar-refractivity contribution is 6.07. The number of H-pyrrole nitrogens is 1. The summed E-state index contributed by atoms with van der Waals surface area (Å²) in [4.78, 5) is 19.2. The van der Waals surface area contributed by atoms with Crippen molar-refractivity contribution in [2.75, 3.05) is 6.54 Å². The smallest absolute Gasteiger partial charge is 0.233 e. The summed E-state index contributed by atoms with van der Waals surface area (Å²) in [6.07, 6.45) is 7.12. The van der Waals surface area contributed by atoms with Crippen molar-refractivity contribution in [3.8, 4) is 0 Å². The van der Waals surface area contributed by atoms with Gasteiger partial charge in [-0.2, -0.15) is 0 Å². The molecule has 0 radical (unpaired) electrons. The lowest BCUT2D eigenvalue weighted by molar-refractivity contribution is -0.127. The van der Waals surface area contributed by atoms with Gasteiger partial charge in [0.05, 0.1) is 6.33 Å². The molecule has 1 amide bonds. The van der Waals surface area contributed by atoms with Crippen molar-refractivity contribution in [3.05, 3.63) is 18.2 Å². The largest absolute Gasteiger partial charge is 0.409 e. The summed E-state index contributed by atoms with van der Waals surface area (Å²) in [7, 11) is 0. The maximum atomic E-state index is 12.3. The summed E-state index contributed by atoms with van der Waals surface area (Å²) in [6, 6.07) is 0. The molecule has 0 saturated heterocycles. The van der Waals surface area contributed by atoms with Crippen molar-refractivity contribution in [1.82, 2.24) is 15.3 Å². The predicted molar refractivity (Wildman–Crippen MR) is 69.6 cm³/mol. The molecule has 104 valence electrons. The van der Waals surface area contributed by atoms with Gasteiger partial charge in [0.1, 0.15) is 5.41 Å². The lowest BCUT2D eigenvalue weighted by Gasteiger charge is -2.25. The zero-order valence-electron chi connectivity index (χ0n) is 10.7. The molecule has 5 N–H and O–H groups in total. The lowest BCUT2D eigenvalue weighted by atomic mass is 9.84. The highest BCUT2D eigenvalue weighted by Crippen LogP contribution is 2.38. The van der Waals surface area contributed by atoms with Crippen molar-refractivity contribution in [1.29, 1.82) is 0 Å². The van der Waals surface area contributed by atoms with Gasteiger partial charge in [0.25, 0.3) is 0 Å². The number of amidine groups is 1. The molecule has 7 heteroatoms. The summed E-state index contributed by atoms with van der Waals surface area (Å²) in [5.74, 6) is -0.135. The normalized spacial score (nSPS) is 18.4. The summed E-state index contributed by atoms with van der Waals surface area (Å²) in [5.41, 5.74) is 5.84. The maximum Gasteiger partial charge on any atom is 0.233 e. The monoisotopic (exact) mass is 265 g/mol. The first-order valence-electron chi connectivity index (χ1n) is 6.42. The molecule has 0 atom stereocenters. The van der Waals surface area contributed by atoms with E-state index in [9.17, 15) is 4.79 Å². The van der Waals surface area contributed by atoms with Crippen LogP contribution in [0.4, 0.5) is 0 Å². The molecule has 0 bridgehead atoms. The summed E-state index contributed by atoms with van der Waals surface area (Å²) >= 11 is 0. The highest BCUT2D eigenvalue weighted by atomic mass is 16.4. The average molecular weight is 265 g/mol. The fourth-order valence-electron chi connectivity index (χ4n) is 2.58. The van der Waals surface area contributed by atoms with E-state index < -0.39 is 5.41 Å². The van der Waals surface area contributed by atoms with Crippen LogP contribution < -0.4 is 11.1 Å². The molecule has 2 rings (SSSR count). The number of carbonyl (C=O) groups is 1. The number of nitrogens with one attached hydrogen (secondary N) is 2. The minimum Gasteiger partial charge on any atom is -0.409 e. The maximum absolute atomic E-state index is 12.3. The predicted octanol–water partition coefficient (Wildman–Crippen LogP) is 0.375. The standard InChI is InChI=1S/C12H19N5O2/c13-10(17-19)12(4-1-2-5-12)11(18)15-6-3-9-7-14-8-16-9/h7-8,19H,1-6H2,(H2,13,17)(H,14,16)(H,15,18). The van der Waals surface area contributed by atoms with Crippen LogP contribution in [0.5, 0.6) is 0 Å². The van der Waals surface area contributed by atoms with Crippen LogP contribution in [0, 0.1) is 5.41 Å². The van der Waals surface area contributed by atoms with Crippen molar-refractivity contribution < 1.29 is 10.0 Å². The van der Waals surface area contributed by atoms with E-state index in [2.05, 4.69) is 20.4 Å². The number of amides is 1. The summed E-state index contributed by atoms with van der Waals surface area (Å²) < 4.78 is 0. The van der Waals surface area contributed by atoms with E-state index in [0.717, 1.165) is 18.5 Å². The molecule has 7 nitrogen and oxygen atoms in total. The molecule has 1 aliphatic carbocycles.